The van der Waals surface area contributed by atoms with Crippen molar-refractivity contribution in [3.05, 3.63) is 59.7 Å². The minimum atomic E-state index is 0.221. The number of carbonyl (C=O) groups is 2. The number of benzene rings is 2. The summed E-state index contributed by atoms with van der Waals surface area (Å²) in [5.74, 6) is 1.70. The van der Waals surface area contributed by atoms with Gasteiger partial charge in [0.15, 0.2) is 0 Å². The number of nitrogens with zero attached hydrogens (tertiary/aromatic N) is 3. The molecule has 4 aliphatic heterocycles. The molecule has 6 nitrogen and oxygen atoms in total. The molecule has 2 unspecified atom stereocenters. The zero-order valence-electron chi connectivity index (χ0n) is 25.1. The predicted octanol–water partition coefficient (Wildman–Crippen LogP) is 6.92. The van der Waals surface area contributed by atoms with Crippen molar-refractivity contribution in [3.63, 3.8) is 0 Å². The number of nitrogens with one attached hydrogen (secondary N) is 1. The topological polar surface area (TPSA) is 55.9 Å². The van der Waals surface area contributed by atoms with Crippen LogP contribution in [0.15, 0.2) is 48.5 Å². The van der Waals surface area contributed by atoms with E-state index >= 15 is 0 Å². The average molecular weight is 581 g/mol. The predicted molar refractivity (Wildman–Crippen MR) is 170 cm³/mol. The number of para-hydroxylation sites is 2. The summed E-state index contributed by atoms with van der Waals surface area (Å²) >= 11 is 5.57. The van der Waals surface area contributed by atoms with Gasteiger partial charge < -0.3 is 20.0 Å². The lowest BCUT2D eigenvalue weighted by Gasteiger charge is -2.34. The highest BCUT2D eigenvalue weighted by Gasteiger charge is 2.31. The van der Waals surface area contributed by atoms with E-state index in [-0.39, 0.29) is 5.91 Å². The van der Waals surface area contributed by atoms with Crippen LogP contribution in [0.1, 0.15) is 76.3 Å². The van der Waals surface area contributed by atoms with Crippen molar-refractivity contribution in [1.29, 1.82) is 0 Å². The van der Waals surface area contributed by atoms with Gasteiger partial charge in [0, 0.05) is 50.4 Å². The molecule has 2 atom stereocenters. The highest BCUT2D eigenvalue weighted by atomic mass is 35.5. The lowest BCUT2D eigenvalue weighted by molar-refractivity contribution is -0.128. The third-order valence-corrected chi connectivity index (χ3v) is 8.92. The highest BCUT2D eigenvalue weighted by Crippen LogP contribution is 2.29. The van der Waals surface area contributed by atoms with Gasteiger partial charge >= 0.3 is 0 Å². The molecule has 2 aromatic carbocycles. The van der Waals surface area contributed by atoms with E-state index in [1.54, 1.807) is 4.90 Å². The quantitative estimate of drug-likeness (QED) is 0.285. The van der Waals surface area contributed by atoms with Gasteiger partial charge in [0.1, 0.15) is 0 Å². The van der Waals surface area contributed by atoms with Crippen molar-refractivity contribution in [3.8, 4) is 0 Å². The van der Waals surface area contributed by atoms with Crippen molar-refractivity contribution in [1.82, 2.24) is 9.80 Å². The second-order valence-corrected chi connectivity index (χ2v) is 12.1. The van der Waals surface area contributed by atoms with E-state index in [4.69, 9.17) is 11.6 Å². The van der Waals surface area contributed by atoms with Gasteiger partial charge in [0.05, 0.1) is 12.7 Å². The molecule has 1 N–H and O–H groups in total. The number of carbonyl (C=O) groups excluding carboxylic acids is 2. The molecule has 0 bridgehead atoms. The number of aryl methyl sites for hydroxylation is 2. The molecule has 0 spiro atoms. The average Bonchev–Trinajstić information content (AvgIpc) is 3.54. The van der Waals surface area contributed by atoms with Crippen LogP contribution in [0.5, 0.6) is 0 Å². The number of likely N-dealkylation sites (tertiary alicyclic amines) is 2. The largest absolute Gasteiger partial charge is 0.385 e. The molecule has 2 saturated heterocycles. The molecule has 4 aliphatic rings. The molecule has 2 aromatic rings. The molecule has 224 valence electrons. The van der Waals surface area contributed by atoms with Gasteiger partial charge in [-0.05, 0) is 73.6 Å². The summed E-state index contributed by atoms with van der Waals surface area (Å²) in [4.78, 5) is 29.4. The van der Waals surface area contributed by atoms with Crippen LogP contribution in [0.25, 0.3) is 0 Å². The number of fused-ring (bicyclic) bond motifs is 2. The molecular formula is C34H49ClN4O2. The van der Waals surface area contributed by atoms with Crippen LogP contribution in [0.2, 0.25) is 0 Å². The van der Waals surface area contributed by atoms with Gasteiger partial charge in [-0.2, -0.15) is 0 Å². The molecule has 2 amide bonds. The number of hydrogen-bond donors (Lipinski definition) is 1. The Morgan fingerprint density at radius 1 is 0.780 bits per heavy atom. The molecule has 2 fully saturated rings. The Bertz CT molecular complexity index is 1100. The third kappa shape index (κ3) is 8.88. The smallest absolute Gasteiger partial charge is 0.224 e. The van der Waals surface area contributed by atoms with E-state index in [1.165, 1.54) is 61.0 Å². The molecule has 0 saturated carbocycles. The molecule has 0 aromatic heterocycles. The van der Waals surface area contributed by atoms with E-state index in [9.17, 15) is 9.59 Å². The monoisotopic (exact) mass is 580 g/mol. The lowest BCUT2D eigenvalue weighted by Crippen LogP contribution is -2.41. The van der Waals surface area contributed by atoms with Crippen LogP contribution < -0.4 is 10.2 Å². The standard InChI is InChI=1S/C17H24N2O.C9H11N.C8H14ClNO/c1-2-6-14-11-17(20)19(12-14)13-18-10-5-8-15-7-3-4-9-16(15)18;1-2-6-9-8(4-1)5-3-7-10-9;1-2-3-7-4-8(11)10(5-7)6-9/h3-4,7,9,14H,2,5-6,8,10-13H2,1H3;1-2,4,6,10H,3,5,7H2;7H,2-6H2,1H3. The van der Waals surface area contributed by atoms with Crippen LogP contribution >= 0.6 is 11.6 Å². The van der Waals surface area contributed by atoms with Crippen LogP contribution in [0.3, 0.4) is 0 Å². The Hall–Kier alpha value is -2.73. The number of rotatable bonds is 7. The SMILES string of the molecule is CCCC1CC(=O)N(CCl)C1.CCCC1CC(=O)N(CN2CCCc3ccccc32)C1.c1ccc2c(c1)CCCN2. The van der Waals surface area contributed by atoms with E-state index < -0.39 is 0 Å². The lowest BCUT2D eigenvalue weighted by atomic mass is 10.0. The Morgan fingerprint density at radius 3 is 2.05 bits per heavy atom. The second-order valence-electron chi connectivity index (χ2n) is 11.9. The molecular weight excluding hydrogens is 532 g/mol. The Kier molecular flexibility index (Phi) is 12.2. The van der Waals surface area contributed by atoms with Gasteiger partial charge in [0.25, 0.3) is 0 Å². The van der Waals surface area contributed by atoms with Crippen LogP contribution in [-0.4, -0.2) is 60.5 Å². The van der Waals surface area contributed by atoms with E-state index in [0.29, 0.717) is 30.2 Å². The van der Waals surface area contributed by atoms with E-state index in [0.717, 1.165) is 52.1 Å². The minimum absolute atomic E-state index is 0.221. The molecule has 4 heterocycles. The minimum Gasteiger partial charge on any atom is -0.385 e. The normalized spacial score (nSPS) is 21.3. The second kappa shape index (κ2) is 16.1. The third-order valence-electron chi connectivity index (χ3n) is 8.63. The Morgan fingerprint density at radius 2 is 1.39 bits per heavy atom. The summed E-state index contributed by atoms with van der Waals surface area (Å²) in [5.41, 5.74) is 5.54. The van der Waals surface area contributed by atoms with Gasteiger partial charge in [-0.3, -0.25) is 9.59 Å². The maximum Gasteiger partial charge on any atom is 0.224 e. The molecule has 7 heteroatoms. The van der Waals surface area contributed by atoms with Gasteiger partial charge in [0.2, 0.25) is 11.8 Å². The van der Waals surface area contributed by atoms with Crippen LogP contribution in [0, 0.1) is 11.8 Å². The van der Waals surface area contributed by atoms with Crippen LogP contribution in [0.4, 0.5) is 11.4 Å². The summed E-state index contributed by atoms with van der Waals surface area (Å²) in [6.07, 6.45) is 11.0. The van der Waals surface area contributed by atoms with Crippen molar-refractivity contribution < 1.29 is 9.59 Å². The highest BCUT2D eigenvalue weighted by molar-refractivity contribution is 6.18. The first kappa shape index (κ1) is 31.2. The first-order chi connectivity index (χ1) is 20.0. The Balaban J connectivity index is 0.000000156. The maximum absolute atomic E-state index is 12.1. The fraction of sp³-hybridized carbons (Fsp3) is 0.588. The summed E-state index contributed by atoms with van der Waals surface area (Å²) < 4.78 is 0. The number of anilines is 2. The number of hydrogen-bond acceptors (Lipinski definition) is 4. The maximum atomic E-state index is 12.1. The van der Waals surface area contributed by atoms with Crippen molar-refractivity contribution >= 4 is 34.8 Å². The van der Waals surface area contributed by atoms with Crippen molar-refractivity contribution in [2.75, 3.05) is 49.1 Å². The Labute approximate surface area is 252 Å². The fourth-order valence-electron chi connectivity index (χ4n) is 6.54. The fourth-order valence-corrected chi connectivity index (χ4v) is 6.77. The zero-order chi connectivity index (χ0) is 29.0. The van der Waals surface area contributed by atoms with E-state index in [2.05, 4.69) is 77.5 Å². The summed E-state index contributed by atoms with van der Waals surface area (Å²) in [6.45, 7) is 9.15. The van der Waals surface area contributed by atoms with Gasteiger partial charge in [-0.15, -0.1) is 11.6 Å². The first-order valence-electron chi connectivity index (χ1n) is 15.8. The van der Waals surface area contributed by atoms with Crippen molar-refractivity contribution in [2.24, 2.45) is 11.8 Å². The number of halogens is 1. The first-order valence-corrected chi connectivity index (χ1v) is 16.3. The molecule has 0 aliphatic carbocycles. The van der Waals surface area contributed by atoms with Crippen molar-refractivity contribution in [2.45, 2.75) is 78.1 Å². The van der Waals surface area contributed by atoms with Crippen LogP contribution in [-0.2, 0) is 22.4 Å². The summed E-state index contributed by atoms with van der Waals surface area (Å²) in [6, 6.07) is 17.5. The van der Waals surface area contributed by atoms with Gasteiger partial charge in [-0.25, -0.2) is 0 Å². The van der Waals surface area contributed by atoms with Gasteiger partial charge in [-0.1, -0.05) is 63.1 Å². The zero-order valence-corrected chi connectivity index (χ0v) is 25.9. The summed E-state index contributed by atoms with van der Waals surface area (Å²) in [7, 11) is 0. The number of alkyl halides is 1. The number of amides is 2. The summed E-state index contributed by atoms with van der Waals surface area (Å²) in [5, 5.41) is 3.36. The molecule has 6 rings (SSSR count). The molecule has 0 radical (unpaired) electrons. The molecule has 41 heavy (non-hydrogen) atoms. The van der Waals surface area contributed by atoms with E-state index in [1.807, 2.05) is 0 Å².